The van der Waals surface area contributed by atoms with Gasteiger partial charge in [-0.25, -0.2) is 22.8 Å². The number of benzene rings is 1. The molecule has 0 spiro atoms. The molecule has 0 amide bonds. The van der Waals surface area contributed by atoms with Crippen LogP contribution in [-0.4, -0.2) is 49.5 Å². The molecular formula is C20H26FN3O4S. The number of piperidine rings is 1. The molecule has 9 heteroatoms. The van der Waals surface area contributed by atoms with Crippen LogP contribution in [-0.2, 0) is 21.4 Å². The van der Waals surface area contributed by atoms with Gasteiger partial charge in [0.25, 0.3) is 0 Å². The quantitative estimate of drug-likeness (QED) is 0.681. The Morgan fingerprint density at radius 1 is 1.34 bits per heavy atom. The highest BCUT2D eigenvalue weighted by atomic mass is 32.2. The van der Waals surface area contributed by atoms with E-state index in [1.165, 1.54) is 23.5 Å². The number of methoxy groups -OCH3 is 1. The van der Waals surface area contributed by atoms with Crippen molar-refractivity contribution in [2.45, 2.75) is 44.1 Å². The summed E-state index contributed by atoms with van der Waals surface area (Å²) in [5.41, 5.74) is 1.68. The zero-order valence-electron chi connectivity index (χ0n) is 16.9. The number of sulfonamides is 1. The third-order valence-electron chi connectivity index (χ3n) is 4.99. The van der Waals surface area contributed by atoms with E-state index in [4.69, 9.17) is 9.47 Å². The molecule has 2 aromatic rings. The number of nitrogens with zero attached hydrogens (tertiary/aromatic N) is 3. The van der Waals surface area contributed by atoms with Crippen molar-refractivity contribution in [2.75, 3.05) is 26.8 Å². The third-order valence-corrected chi connectivity index (χ3v) is 6.88. The molecule has 158 valence electrons. The Balaban J connectivity index is 1.92. The summed E-state index contributed by atoms with van der Waals surface area (Å²) in [6.45, 7) is 5.30. The third kappa shape index (κ3) is 4.73. The summed E-state index contributed by atoms with van der Waals surface area (Å²) in [5.74, 6) is 0.0501. The first kappa shape index (κ1) is 21.6. The van der Waals surface area contributed by atoms with Gasteiger partial charge in [-0.2, -0.15) is 4.31 Å². The molecule has 2 heterocycles. The van der Waals surface area contributed by atoms with Crippen LogP contribution in [0.25, 0.3) is 0 Å². The van der Waals surface area contributed by atoms with E-state index in [9.17, 15) is 12.8 Å². The van der Waals surface area contributed by atoms with Crippen molar-refractivity contribution >= 4 is 10.0 Å². The van der Waals surface area contributed by atoms with E-state index in [1.54, 1.807) is 6.20 Å². The fourth-order valence-electron chi connectivity index (χ4n) is 3.56. The summed E-state index contributed by atoms with van der Waals surface area (Å²) in [6, 6.07) is 3.52. The topological polar surface area (TPSA) is 81.6 Å². The summed E-state index contributed by atoms with van der Waals surface area (Å²) in [6.07, 6.45) is 3.23. The number of hydrogen-bond donors (Lipinski definition) is 0. The molecule has 0 aliphatic carbocycles. The van der Waals surface area contributed by atoms with Crippen LogP contribution in [0.4, 0.5) is 4.39 Å². The summed E-state index contributed by atoms with van der Waals surface area (Å²) >= 11 is 0. The second-order valence-corrected chi connectivity index (χ2v) is 8.87. The minimum absolute atomic E-state index is 0.0877. The van der Waals surface area contributed by atoms with Gasteiger partial charge in [0.15, 0.2) is 0 Å². The zero-order valence-corrected chi connectivity index (χ0v) is 17.7. The monoisotopic (exact) mass is 423 g/mol. The number of aryl methyl sites for hydroxylation is 1. The van der Waals surface area contributed by atoms with E-state index in [1.807, 2.05) is 13.8 Å². The van der Waals surface area contributed by atoms with Gasteiger partial charge in [0.2, 0.25) is 10.0 Å². The molecular weight excluding hydrogens is 397 g/mol. The summed E-state index contributed by atoms with van der Waals surface area (Å²) < 4.78 is 52.3. The maximum Gasteiger partial charge on any atom is 0.246 e. The maximum absolute atomic E-state index is 13.8. The van der Waals surface area contributed by atoms with Gasteiger partial charge in [-0.3, -0.25) is 0 Å². The highest BCUT2D eigenvalue weighted by molar-refractivity contribution is 7.89. The lowest BCUT2D eigenvalue weighted by molar-refractivity contribution is 0.132. The first-order valence-corrected chi connectivity index (χ1v) is 11.0. The molecule has 7 nitrogen and oxygen atoms in total. The molecule has 3 rings (SSSR count). The highest BCUT2D eigenvalue weighted by Gasteiger charge is 2.34. The molecule has 1 fully saturated rings. The average Bonchev–Trinajstić information content (AvgIpc) is 2.73. The van der Waals surface area contributed by atoms with Crippen LogP contribution in [0.15, 0.2) is 29.3 Å². The molecule has 1 unspecified atom stereocenters. The number of ether oxygens (including phenoxy) is 2. The number of aromatic nitrogens is 2. The molecule has 1 atom stereocenters. The Morgan fingerprint density at radius 3 is 2.86 bits per heavy atom. The van der Waals surface area contributed by atoms with Crippen LogP contribution in [0.2, 0.25) is 0 Å². The van der Waals surface area contributed by atoms with Crippen LogP contribution >= 0.6 is 0 Å². The van der Waals surface area contributed by atoms with E-state index in [0.29, 0.717) is 32.0 Å². The second-order valence-electron chi connectivity index (χ2n) is 6.96. The summed E-state index contributed by atoms with van der Waals surface area (Å²) in [7, 11) is -2.54. The minimum Gasteiger partial charge on any atom is -0.495 e. The Labute approximate surface area is 170 Å². The molecule has 0 bridgehead atoms. The summed E-state index contributed by atoms with van der Waals surface area (Å²) in [5, 5.41) is 0. The van der Waals surface area contributed by atoms with Crippen LogP contribution in [0.1, 0.15) is 42.8 Å². The molecule has 1 aliphatic rings. The maximum atomic E-state index is 13.8. The van der Waals surface area contributed by atoms with Gasteiger partial charge in [-0.15, -0.1) is 0 Å². The van der Waals surface area contributed by atoms with Crippen molar-refractivity contribution in [3.8, 4) is 5.75 Å². The number of rotatable bonds is 7. The van der Waals surface area contributed by atoms with Gasteiger partial charge in [-0.1, -0.05) is 0 Å². The largest absolute Gasteiger partial charge is 0.495 e. The highest BCUT2D eigenvalue weighted by Crippen LogP contribution is 2.34. The lowest BCUT2D eigenvalue weighted by atomic mass is 9.93. The number of hydrogen-bond acceptors (Lipinski definition) is 6. The molecule has 1 aliphatic heterocycles. The molecule has 29 heavy (non-hydrogen) atoms. The average molecular weight is 424 g/mol. The van der Waals surface area contributed by atoms with Crippen molar-refractivity contribution in [1.82, 2.24) is 14.3 Å². The first-order chi connectivity index (χ1) is 13.9. The van der Waals surface area contributed by atoms with E-state index >= 15 is 0 Å². The normalized spacial score (nSPS) is 18.0. The van der Waals surface area contributed by atoms with Crippen molar-refractivity contribution in [1.29, 1.82) is 0 Å². The van der Waals surface area contributed by atoms with Gasteiger partial charge in [0, 0.05) is 37.4 Å². The van der Waals surface area contributed by atoms with E-state index in [0.717, 1.165) is 23.7 Å². The SMILES string of the molecule is CCOCc1cnc(C)nc1C1CCCN(S(=O)(=O)c2cc(F)ccc2OC)C1. The standard InChI is InChI=1S/C20H26FN3O4S/c1-4-28-13-16-11-22-14(2)23-20(16)15-6-5-9-24(12-15)29(25,26)19-10-17(21)7-8-18(19)27-3/h7-8,10-11,15H,4-6,9,12-13H2,1-3H3. The van der Waals surface area contributed by atoms with Crippen LogP contribution in [0.5, 0.6) is 5.75 Å². The van der Waals surface area contributed by atoms with Crippen molar-refractivity contribution in [2.24, 2.45) is 0 Å². The molecule has 1 aromatic carbocycles. The molecule has 0 N–H and O–H groups in total. The molecule has 1 aromatic heterocycles. The fraction of sp³-hybridized carbons (Fsp3) is 0.500. The first-order valence-electron chi connectivity index (χ1n) is 9.60. The van der Waals surface area contributed by atoms with Crippen LogP contribution in [0, 0.1) is 12.7 Å². The van der Waals surface area contributed by atoms with Gasteiger partial charge < -0.3 is 9.47 Å². The predicted octanol–water partition coefficient (Wildman–Crippen LogP) is 3.04. The lowest BCUT2D eigenvalue weighted by Gasteiger charge is -2.32. The van der Waals surface area contributed by atoms with Crippen LogP contribution in [0.3, 0.4) is 0 Å². The van der Waals surface area contributed by atoms with Crippen molar-refractivity contribution < 1.29 is 22.3 Å². The van der Waals surface area contributed by atoms with Crippen LogP contribution < -0.4 is 4.74 Å². The van der Waals surface area contributed by atoms with Gasteiger partial charge in [0.1, 0.15) is 22.3 Å². The Morgan fingerprint density at radius 2 is 2.14 bits per heavy atom. The molecule has 0 radical (unpaired) electrons. The second kappa shape index (κ2) is 9.15. The minimum atomic E-state index is -3.91. The Hall–Kier alpha value is -2.10. The van der Waals surface area contributed by atoms with Crippen molar-refractivity contribution in [3.63, 3.8) is 0 Å². The Kier molecular flexibility index (Phi) is 6.81. The fourth-order valence-corrected chi connectivity index (χ4v) is 5.26. The van der Waals surface area contributed by atoms with Gasteiger partial charge >= 0.3 is 0 Å². The van der Waals surface area contributed by atoms with Gasteiger partial charge in [0.05, 0.1) is 19.4 Å². The van der Waals surface area contributed by atoms with E-state index < -0.39 is 15.8 Å². The zero-order chi connectivity index (χ0) is 21.0. The lowest BCUT2D eigenvalue weighted by Crippen LogP contribution is -2.39. The van der Waals surface area contributed by atoms with Crippen molar-refractivity contribution in [3.05, 3.63) is 47.3 Å². The number of halogens is 1. The molecule has 0 saturated carbocycles. The smallest absolute Gasteiger partial charge is 0.246 e. The van der Waals surface area contributed by atoms with E-state index in [-0.39, 0.29) is 23.1 Å². The van der Waals surface area contributed by atoms with Gasteiger partial charge in [-0.05, 0) is 44.9 Å². The molecule has 1 saturated heterocycles. The summed E-state index contributed by atoms with van der Waals surface area (Å²) in [4.78, 5) is 8.69. The Bertz CT molecular complexity index is 968. The predicted molar refractivity (Wildman–Crippen MR) is 106 cm³/mol. The van der Waals surface area contributed by atoms with E-state index in [2.05, 4.69) is 9.97 Å².